The summed E-state index contributed by atoms with van der Waals surface area (Å²) in [6.07, 6.45) is 8.13. The molecule has 2 aliphatic heterocycles. The van der Waals surface area contributed by atoms with Gasteiger partial charge in [-0.15, -0.1) is 0 Å². The Labute approximate surface area is 123 Å². The molecular weight excluding hydrogens is 244 g/mol. The second kappa shape index (κ2) is 6.73. The first kappa shape index (κ1) is 14.1. The minimum absolute atomic E-state index is 0.801. The highest BCUT2D eigenvalue weighted by molar-refractivity contribution is 5.37. The van der Waals surface area contributed by atoms with Crippen molar-refractivity contribution in [1.29, 1.82) is 0 Å². The number of rotatable bonds is 3. The molecular formula is C18H28N2. The molecule has 2 heteroatoms. The lowest BCUT2D eigenvalue weighted by Gasteiger charge is -2.31. The topological polar surface area (TPSA) is 15.3 Å². The number of likely N-dealkylation sites (tertiary alicyclic amines) is 1. The fraction of sp³-hybridized carbons (Fsp3) is 0.667. The normalized spacial score (nSPS) is 24.1. The van der Waals surface area contributed by atoms with E-state index in [-0.39, 0.29) is 0 Å². The fourth-order valence-electron chi connectivity index (χ4n) is 3.89. The van der Waals surface area contributed by atoms with Crippen molar-refractivity contribution in [3.8, 4) is 0 Å². The van der Waals surface area contributed by atoms with E-state index in [4.69, 9.17) is 0 Å². The lowest BCUT2D eigenvalue weighted by molar-refractivity contribution is 0.185. The zero-order valence-corrected chi connectivity index (χ0v) is 12.8. The molecule has 1 aromatic rings. The van der Waals surface area contributed by atoms with Crippen molar-refractivity contribution in [2.45, 2.75) is 64.6 Å². The molecule has 2 nitrogen and oxygen atoms in total. The van der Waals surface area contributed by atoms with Gasteiger partial charge in [0.2, 0.25) is 0 Å². The molecule has 1 saturated heterocycles. The number of hydrogen-bond donors (Lipinski definition) is 1. The molecule has 1 N–H and O–H groups in total. The van der Waals surface area contributed by atoms with Crippen molar-refractivity contribution in [1.82, 2.24) is 10.2 Å². The molecule has 0 aliphatic carbocycles. The van der Waals surface area contributed by atoms with E-state index in [1.807, 2.05) is 0 Å². The fourth-order valence-corrected chi connectivity index (χ4v) is 3.89. The van der Waals surface area contributed by atoms with Crippen LogP contribution in [0.5, 0.6) is 0 Å². The van der Waals surface area contributed by atoms with E-state index in [9.17, 15) is 0 Å². The zero-order chi connectivity index (χ0) is 13.8. The van der Waals surface area contributed by atoms with E-state index in [1.165, 1.54) is 57.2 Å². The van der Waals surface area contributed by atoms with Crippen LogP contribution in [-0.2, 0) is 19.5 Å². The molecule has 110 valence electrons. The van der Waals surface area contributed by atoms with Crippen molar-refractivity contribution >= 4 is 0 Å². The molecule has 0 aromatic heterocycles. The van der Waals surface area contributed by atoms with Crippen molar-refractivity contribution < 1.29 is 0 Å². The quantitative estimate of drug-likeness (QED) is 0.906. The summed E-state index contributed by atoms with van der Waals surface area (Å²) in [6, 6.07) is 7.71. The van der Waals surface area contributed by atoms with Crippen LogP contribution in [0.1, 0.15) is 55.7 Å². The number of nitrogens with one attached hydrogen (secondary N) is 1. The predicted molar refractivity (Wildman–Crippen MR) is 84.8 cm³/mol. The molecule has 0 bridgehead atoms. The molecule has 0 radical (unpaired) electrons. The van der Waals surface area contributed by atoms with E-state index < -0.39 is 0 Å². The Morgan fingerprint density at radius 2 is 2.20 bits per heavy atom. The first-order valence-electron chi connectivity index (χ1n) is 8.43. The first-order valence-corrected chi connectivity index (χ1v) is 8.43. The lowest BCUT2D eigenvalue weighted by atomic mass is 9.94. The third-order valence-electron chi connectivity index (χ3n) is 5.08. The van der Waals surface area contributed by atoms with E-state index in [0.29, 0.717) is 0 Å². The van der Waals surface area contributed by atoms with Gasteiger partial charge in [-0.1, -0.05) is 38.0 Å². The van der Waals surface area contributed by atoms with Crippen LogP contribution in [-0.4, -0.2) is 24.0 Å². The van der Waals surface area contributed by atoms with Gasteiger partial charge in [0.1, 0.15) is 0 Å². The van der Waals surface area contributed by atoms with Gasteiger partial charge in [0.25, 0.3) is 0 Å². The molecule has 1 unspecified atom stereocenters. The Bertz CT molecular complexity index is 441. The highest BCUT2D eigenvalue weighted by Gasteiger charge is 2.21. The van der Waals surface area contributed by atoms with Gasteiger partial charge in [-0.05, 0) is 55.5 Å². The van der Waals surface area contributed by atoms with Crippen LogP contribution in [0.15, 0.2) is 18.2 Å². The van der Waals surface area contributed by atoms with Gasteiger partial charge in [0, 0.05) is 19.1 Å². The van der Waals surface area contributed by atoms with E-state index in [1.54, 1.807) is 11.1 Å². The predicted octanol–water partition coefficient (Wildman–Crippen LogP) is 3.49. The summed E-state index contributed by atoms with van der Waals surface area (Å²) >= 11 is 0. The Morgan fingerprint density at radius 3 is 3.10 bits per heavy atom. The highest BCUT2D eigenvalue weighted by Crippen LogP contribution is 2.25. The summed E-state index contributed by atoms with van der Waals surface area (Å²) in [5.41, 5.74) is 4.74. The van der Waals surface area contributed by atoms with Crippen LogP contribution < -0.4 is 5.32 Å². The molecule has 0 amide bonds. The maximum absolute atomic E-state index is 3.49. The zero-order valence-electron chi connectivity index (χ0n) is 12.8. The number of benzene rings is 1. The average Bonchev–Trinajstić information content (AvgIpc) is 2.72. The van der Waals surface area contributed by atoms with Crippen LogP contribution in [0.3, 0.4) is 0 Å². The first-order chi connectivity index (χ1) is 9.88. The number of hydrogen-bond acceptors (Lipinski definition) is 2. The summed E-state index contributed by atoms with van der Waals surface area (Å²) in [5, 5.41) is 3.49. The summed E-state index contributed by atoms with van der Waals surface area (Å²) in [5.74, 6) is 0. The summed E-state index contributed by atoms with van der Waals surface area (Å²) in [4.78, 5) is 2.75. The summed E-state index contributed by atoms with van der Waals surface area (Å²) in [6.45, 7) is 7.01. The standard InChI is InChI=1S/C18H28N2/c1-2-17-9-4-3-5-12-20(17)14-16-8-6-7-15-13-19-11-10-18(15)16/h6-8,17,19H,2-5,9-14H2,1H3. The molecule has 0 saturated carbocycles. The Balaban J connectivity index is 1.79. The number of fused-ring (bicyclic) bond motifs is 1. The molecule has 0 spiro atoms. The SMILES string of the molecule is CCC1CCCCCN1Cc1cccc2c1CCNC2. The molecule has 20 heavy (non-hydrogen) atoms. The Morgan fingerprint density at radius 1 is 1.25 bits per heavy atom. The Hall–Kier alpha value is -0.860. The third-order valence-corrected chi connectivity index (χ3v) is 5.08. The van der Waals surface area contributed by atoms with Gasteiger partial charge in [-0.25, -0.2) is 0 Å². The van der Waals surface area contributed by atoms with Crippen LogP contribution in [0.2, 0.25) is 0 Å². The van der Waals surface area contributed by atoms with Gasteiger partial charge in [0.05, 0.1) is 0 Å². The van der Waals surface area contributed by atoms with Crippen LogP contribution in [0.4, 0.5) is 0 Å². The Kier molecular flexibility index (Phi) is 4.74. The summed E-state index contributed by atoms with van der Waals surface area (Å²) in [7, 11) is 0. The van der Waals surface area contributed by atoms with E-state index in [2.05, 4.69) is 35.3 Å². The second-order valence-electron chi connectivity index (χ2n) is 6.36. The van der Waals surface area contributed by atoms with Crippen molar-refractivity contribution in [3.05, 3.63) is 34.9 Å². The highest BCUT2D eigenvalue weighted by atomic mass is 15.2. The van der Waals surface area contributed by atoms with Crippen molar-refractivity contribution in [2.75, 3.05) is 13.1 Å². The molecule has 3 rings (SSSR count). The number of nitrogens with zero attached hydrogens (tertiary/aromatic N) is 1. The van der Waals surface area contributed by atoms with Gasteiger partial charge < -0.3 is 5.32 Å². The van der Waals surface area contributed by atoms with Gasteiger partial charge in [0.15, 0.2) is 0 Å². The second-order valence-corrected chi connectivity index (χ2v) is 6.36. The molecule has 1 fully saturated rings. The third kappa shape index (κ3) is 3.07. The molecule has 1 atom stereocenters. The van der Waals surface area contributed by atoms with Gasteiger partial charge in [-0.2, -0.15) is 0 Å². The van der Waals surface area contributed by atoms with Gasteiger partial charge in [-0.3, -0.25) is 4.90 Å². The maximum Gasteiger partial charge on any atom is 0.0239 e. The van der Waals surface area contributed by atoms with Crippen LogP contribution in [0.25, 0.3) is 0 Å². The van der Waals surface area contributed by atoms with Crippen LogP contribution >= 0.6 is 0 Å². The van der Waals surface area contributed by atoms with E-state index >= 15 is 0 Å². The average molecular weight is 272 g/mol. The van der Waals surface area contributed by atoms with E-state index in [0.717, 1.165) is 19.1 Å². The monoisotopic (exact) mass is 272 g/mol. The minimum Gasteiger partial charge on any atom is -0.312 e. The van der Waals surface area contributed by atoms with Gasteiger partial charge >= 0.3 is 0 Å². The molecule has 2 aliphatic rings. The lowest BCUT2D eigenvalue weighted by Crippen LogP contribution is -2.35. The largest absolute Gasteiger partial charge is 0.312 e. The maximum atomic E-state index is 3.49. The van der Waals surface area contributed by atoms with Crippen molar-refractivity contribution in [3.63, 3.8) is 0 Å². The van der Waals surface area contributed by atoms with Crippen LogP contribution in [0, 0.1) is 0 Å². The molecule has 2 heterocycles. The van der Waals surface area contributed by atoms with Crippen molar-refractivity contribution in [2.24, 2.45) is 0 Å². The minimum atomic E-state index is 0.801. The summed E-state index contributed by atoms with van der Waals surface area (Å²) < 4.78 is 0. The molecule has 1 aromatic carbocycles. The smallest absolute Gasteiger partial charge is 0.0239 e.